The van der Waals surface area contributed by atoms with Crippen LogP contribution in [0, 0.1) is 0 Å². The minimum absolute atomic E-state index is 0.0249. The number of methoxy groups -OCH3 is 1. The van der Waals surface area contributed by atoms with E-state index in [9.17, 15) is 18.0 Å². The van der Waals surface area contributed by atoms with E-state index in [0.717, 1.165) is 5.69 Å². The zero-order chi connectivity index (χ0) is 32.4. The summed E-state index contributed by atoms with van der Waals surface area (Å²) in [6.45, 7) is 6.70. The highest BCUT2D eigenvalue weighted by Gasteiger charge is 2.22. The fourth-order valence-electron chi connectivity index (χ4n) is 4.38. The Labute approximate surface area is 267 Å². The van der Waals surface area contributed by atoms with E-state index in [1.54, 1.807) is 49.8 Å². The van der Waals surface area contributed by atoms with Crippen LogP contribution < -0.4 is 20.1 Å². The fourth-order valence-corrected chi connectivity index (χ4v) is 6.61. The highest BCUT2D eigenvalue weighted by molar-refractivity contribution is 7.99. The van der Waals surface area contributed by atoms with Crippen LogP contribution >= 0.6 is 11.8 Å². The lowest BCUT2D eigenvalue weighted by atomic mass is 10.2. The number of rotatable bonds is 15. The molecule has 0 saturated carbocycles. The normalized spacial score (nSPS) is 11.3. The third-order valence-electron chi connectivity index (χ3n) is 6.68. The molecule has 3 aromatic carbocycles. The van der Waals surface area contributed by atoms with Gasteiger partial charge in [-0.15, -0.1) is 10.2 Å². The first-order valence-electron chi connectivity index (χ1n) is 14.3. The van der Waals surface area contributed by atoms with Crippen LogP contribution in [-0.2, 0) is 21.4 Å². The van der Waals surface area contributed by atoms with Crippen LogP contribution in [0.4, 0.5) is 5.69 Å². The average Bonchev–Trinajstić information content (AvgIpc) is 3.46. The number of nitrogens with zero attached hydrogens (tertiary/aromatic N) is 4. The van der Waals surface area contributed by atoms with Crippen molar-refractivity contribution in [3.05, 3.63) is 84.2 Å². The Hall–Kier alpha value is -4.40. The molecule has 14 heteroatoms. The summed E-state index contributed by atoms with van der Waals surface area (Å²) in [7, 11) is -2.06. The number of aromatic nitrogens is 3. The zero-order valence-corrected chi connectivity index (χ0v) is 27.2. The molecule has 0 radical (unpaired) electrons. The molecule has 0 aliphatic heterocycles. The maximum atomic E-state index is 13.0. The number of sulfonamides is 1. The van der Waals surface area contributed by atoms with Gasteiger partial charge in [-0.25, -0.2) is 8.42 Å². The lowest BCUT2D eigenvalue weighted by Gasteiger charge is -2.18. The second kappa shape index (κ2) is 15.5. The lowest BCUT2D eigenvalue weighted by Crippen LogP contribution is -2.30. The van der Waals surface area contributed by atoms with Crippen molar-refractivity contribution in [2.75, 3.05) is 37.9 Å². The minimum atomic E-state index is -3.64. The molecule has 0 aliphatic carbocycles. The van der Waals surface area contributed by atoms with Crippen molar-refractivity contribution in [2.45, 2.75) is 37.4 Å². The number of hydrogen-bond acceptors (Lipinski definition) is 9. The van der Waals surface area contributed by atoms with E-state index in [2.05, 4.69) is 20.8 Å². The molecule has 238 valence electrons. The van der Waals surface area contributed by atoms with E-state index in [0.29, 0.717) is 53.4 Å². The topological polar surface area (TPSA) is 145 Å². The second-order valence-electron chi connectivity index (χ2n) is 9.52. The molecular weight excluding hydrogens is 617 g/mol. The molecule has 0 bridgehead atoms. The standard InChI is InChI=1S/C31H36N6O6S2/c1-5-36(6-2)45(40,41)27-18-8-22(9-19-27)30(39)32-20-28-34-35-31(37(28)24-12-16-26(17-13-24)43-7-3)44-21-29(38)33-23-10-14-25(42-4)15-11-23/h8-19H,5-7,20-21H2,1-4H3,(H,32,39)(H,33,38). The third kappa shape index (κ3) is 8.41. The van der Waals surface area contributed by atoms with Gasteiger partial charge in [0.25, 0.3) is 5.91 Å². The first-order valence-corrected chi connectivity index (χ1v) is 16.7. The molecule has 1 aromatic heterocycles. The van der Waals surface area contributed by atoms with E-state index < -0.39 is 15.9 Å². The lowest BCUT2D eigenvalue weighted by molar-refractivity contribution is -0.113. The molecule has 4 aromatic rings. The second-order valence-corrected chi connectivity index (χ2v) is 12.4. The molecule has 0 spiro atoms. The number of hydrogen-bond donors (Lipinski definition) is 2. The summed E-state index contributed by atoms with van der Waals surface area (Å²) in [5, 5.41) is 14.7. The first-order chi connectivity index (χ1) is 21.7. The molecule has 4 rings (SSSR count). The smallest absolute Gasteiger partial charge is 0.251 e. The van der Waals surface area contributed by atoms with Crippen molar-refractivity contribution in [3.63, 3.8) is 0 Å². The van der Waals surface area contributed by atoms with Crippen molar-refractivity contribution in [1.29, 1.82) is 0 Å². The summed E-state index contributed by atoms with van der Waals surface area (Å²) in [5.74, 6) is 1.25. The Bertz CT molecular complexity index is 1690. The number of carbonyl (C=O) groups is 2. The summed E-state index contributed by atoms with van der Waals surface area (Å²) < 4.78 is 39.4. The Morgan fingerprint density at radius 1 is 0.889 bits per heavy atom. The summed E-state index contributed by atoms with van der Waals surface area (Å²) in [6, 6.07) is 20.2. The van der Waals surface area contributed by atoms with E-state index in [-0.39, 0.29) is 23.1 Å². The van der Waals surface area contributed by atoms with Crippen molar-refractivity contribution < 1.29 is 27.5 Å². The summed E-state index contributed by atoms with van der Waals surface area (Å²) >= 11 is 1.20. The van der Waals surface area contributed by atoms with Crippen LogP contribution in [0.1, 0.15) is 37.0 Å². The Balaban J connectivity index is 1.49. The van der Waals surface area contributed by atoms with Crippen molar-refractivity contribution in [1.82, 2.24) is 24.4 Å². The van der Waals surface area contributed by atoms with Gasteiger partial charge < -0.3 is 20.1 Å². The molecule has 2 amide bonds. The quantitative estimate of drug-likeness (QED) is 0.179. The predicted octanol–water partition coefficient (Wildman–Crippen LogP) is 4.37. The van der Waals surface area contributed by atoms with Gasteiger partial charge in [0.05, 0.1) is 30.9 Å². The van der Waals surface area contributed by atoms with E-state index in [4.69, 9.17) is 9.47 Å². The molecule has 0 fully saturated rings. The van der Waals surface area contributed by atoms with Crippen LogP contribution in [0.2, 0.25) is 0 Å². The van der Waals surface area contributed by atoms with Gasteiger partial charge >= 0.3 is 0 Å². The average molecular weight is 653 g/mol. The van der Waals surface area contributed by atoms with Crippen molar-refractivity contribution >= 4 is 39.3 Å². The highest BCUT2D eigenvalue weighted by Crippen LogP contribution is 2.25. The van der Waals surface area contributed by atoms with Gasteiger partial charge in [-0.3, -0.25) is 14.2 Å². The van der Waals surface area contributed by atoms with Gasteiger partial charge in [0.1, 0.15) is 11.5 Å². The predicted molar refractivity (Wildman–Crippen MR) is 173 cm³/mol. The molecule has 0 saturated heterocycles. The van der Waals surface area contributed by atoms with Crippen molar-refractivity contribution in [3.8, 4) is 17.2 Å². The zero-order valence-electron chi connectivity index (χ0n) is 25.5. The van der Waals surface area contributed by atoms with Crippen LogP contribution in [0.3, 0.4) is 0 Å². The van der Waals surface area contributed by atoms with Gasteiger partial charge in [-0.2, -0.15) is 4.31 Å². The number of amides is 2. The maximum absolute atomic E-state index is 13.0. The molecule has 0 atom stereocenters. The molecule has 12 nitrogen and oxygen atoms in total. The van der Waals surface area contributed by atoms with E-state index >= 15 is 0 Å². The molecule has 2 N–H and O–H groups in total. The van der Waals surface area contributed by atoms with Gasteiger partial charge in [-0.05, 0) is 79.7 Å². The van der Waals surface area contributed by atoms with Gasteiger partial charge in [0.15, 0.2) is 11.0 Å². The number of benzene rings is 3. The minimum Gasteiger partial charge on any atom is -0.497 e. The molecule has 0 aliphatic rings. The Morgan fingerprint density at radius 2 is 1.53 bits per heavy atom. The molecule has 1 heterocycles. The number of nitrogens with one attached hydrogen (secondary N) is 2. The molecule has 45 heavy (non-hydrogen) atoms. The third-order valence-corrected chi connectivity index (χ3v) is 9.67. The highest BCUT2D eigenvalue weighted by atomic mass is 32.2. The number of anilines is 1. The summed E-state index contributed by atoms with van der Waals surface area (Å²) in [5.41, 5.74) is 1.65. The molecular formula is C31H36N6O6S2. The maximum Gasteiger partial charge on any atom is 0.251 e. The SMILES string of the molecule is CCOc1ccc(-n2c(CNC(=O)c3ccc(S(=O)(=O)N(CC)CC)cc3)nnc2SCC(=O)Nc2ccc(OC)cc2)cc1. The largest absolute Gasteiger partial charge is 0.497 e. The first kappa shape index (κ1) is 33.5. The molecule has 0 unspecified atom stereocenters. The Morgan fingerprint density at radius 3 is 2.13 bits per heavy atom. The number of carbonyl (C=O) groups excluding carboxylic acids is 2. The van der Waals surface area contributed by atoms with E-state index in [1.807, 2.05) is 31.2 Å². The summed E-state index contributed by atoms with van der Waals surface area (Å²) in [4.78, 5) is 25.8. The Kier molecular flexibility index (Phi) is 11.6. The van der Waals surface area contributed by atoms with Crippen LogP contribution in [0.25, 0.3) is 5.69 Å². The van der Waals surface area contributed by atoms with Gasteiger partial charge in [-0.1, -0.05) is 25.6 Å². The van der Waals surface area contributed by atoms with Gasteiger partial charge in [0.2, 0.25) is 15.9 Å². The van der Waals surface area contributed by atoms with Crippen LogP contribution in [-0.4, -0.2) is 71.9 Å². The van der Waals surface area contributed by atoms with Gasteiger partial charge in [0, 0.05) is 30.0 Å². The van der Waals surface area contributed by atoms with Crippen molar-refractivity contribution in [2.24, 2.45) is 0 Å². The monoisotopic (exact) mass is 652 g/mol. The van der Waals surface area contributed by atoms with Crippen LogP contribution in [0.5, 0.6) is 11.5 Å². The van der Waals surface area contributed by atoms with E-state index in [1.165, 1.54) is 40.3 Å². The fraction of sp³-hybridized carbons (Fsp3) is 0.290. The summed E-state index contributed by atoms with van der Waals surface area (Å²) in [6.07, 6.45) is 0. The number of ether oxygens (including phenoxy) is 2. The number of thioether (sulfide) groups is 1. The van der Waals surface area contributed by atoms with Crippen LogP contribution in [0.15, 0.2) is 82.8 Å².